The van der Waals surface area contributed by atoms with E-state index in [1.807, 2.05) is 6.92 Å². The predicted octanol–water partition coefficient (Wildman–Crippen LogP) is 1.38. The topological polar surface area (TPSA) is 95.9 Å². The van der Waals surface area contributed by atoms with Crippen molar-refractivity contribution in [3.05, 3.63) is 23.8 Å². The number of methoxy groups -OCH3 is 1. The van der Waals surface area contributed by atoms with Gasteiger partial charge in [-0.2, -0.15) is 0 Å². The minimum absolute atomic E-state index is 0.0123. The summed E-state index contributed by atoms with van der Waals surface area (Å²) < 4.78 is 4.89. The number of carbonyl (C=O) groups is 2. The molecule has 0 aromatic heterocycles. The zero-order valence-electron chi connectivity index (χ0n) is 10.8. The van der Waals surface area contributed by atoms with Gasteiger partial charge in [-0.3, -0.25) is 4.79 Å². The highest BCUT2D eigenvalue weighted by atomic mass is 16.5. The lowest BCUT2D eigenvalue weighted by Gasteiger charge is -2.14. The molecule has 0 fully saturated rings. The SMILES string of the molecule is CCCC(NC(=O)c1cccc(OC)c1O)C(=O)O. The first-order valence-corrected chi connectivity index (χ1v) is 5.90. The second kappa shape index (κ2) is 6.63. The Morgan fingerprint density at radius 1 is 1.42 bits per heavy atom. The van der Waals surface area contributed by atoms with Crippen LogP contribution in [0.25, 0.3) is 0 Å². The van der Waals surface area contributed by atoms with Crippen molar-refractivity contribution in [2.24, 2.45) is 0 Å². The Morgan fingerprint density at radius 3 is 2.63 bits per heavy atom. The number of phenols is 1. The number of hydrogen-bond donors (Lipinski definition) is 3. The van der Waals surface area contributed by atoms with E-state index in [0.717, 1.165) is 0 Å². The van der Waals surface area contributed by atoms with Crippen molar-refractivity contribution in [2.45, 2.75) is 25.8 Å². The molecule has 6 heteroatoms. The molecule has 6 nitrogen and oxygen atoms in total. The van der Waals surface area contributed by atoms with Crippen LogP contribution in [0.15, 0.2) is 18.2 Å². The van der Waals surface area contributed by atoms with Gasteiger partial charge in [-0.25, -0.2) is 4.79 Å². The number of ether oxygens (including phenoxy) is 1. The summed E-state index contributed by atoms with van der Waals surface area (Å²) in [6.45, 7) is 1.82. The number of rotatable bonds is 6. The highest BCUT2D eigenvalue weighted by Crippen LogP contribution is 2.29. The second-order valence-electron chi connectivity index (χ2n) is 4.01. The number of amides is 1. The minimum atomic E-state index is -1.10. The first-order chi connectivity index (χ1) is 9.01. The standard InChI is InChI=1S/C13H17NO5/c1-3-5-9(13(17)18)14-12(16)8-6-4-7-10(19-2)11(8)15/h4,6-7,9,15H,3,5H2,1-2H3,(H,14,16)(H,17,18). The number of aromatic hydroxyl groups is 1. The first kappa shape index (κ1) is 14.8. The Hall–Kier alpha value is -2.24. The molecule has 3 N–H and O–H groups in total. The minimum Gasteiger partial charge on any atom is -0.504 e. The van der Waals surface area contributed by atoms with E-state index in [9.17, 15) is 14.7 Å². The molecule has 0 saturated heterocycles. The largest absolute Gasteiger partial charge is 0.504 e. The maximum absolute atomic E-state index is 11.9. The summed E-state index contributed by atoms with van der Waals surface area (Å²) in [4.78, 5) is 22.9. The van der Waals surface area contributed by atoms with Crippen LogP contribution in [-0.4, -0.2) is 35.2 Å². The molecule has 0 spiro atoms. The fraction of sp³-hybridized carbons (Fsp3) is 0.385. The highest BCUT2D eigenvalue weighted by Gasteiger charge is 2.22. The van der Waals surface area contributed by atoms with Crippen LogP contribution < -0.4 is 10.1 Å². The van der Waals surface area contributed by atoms with E-state index >= 15 is 0 Å². The number of para-hydroxylation sites is 1. The van der Waals surface area contributed by atoms with E-state index in [4.69, 9.17) is 9.84 Å². The maximum atomic E-state index is 11.9. The van der Waals surface area contributed by atoms with Crippen LogP contribution in [0.1, 0.15) is 30.1 Å². The lowest BCUT2D eigenvalue weighted by molar-refractivity contribution is -0.139. The summed E-state index contributed by atoms with van der Waals surface area (Å²) in [7, 11) is 1.37. The molecular formula is C13H17NO5. The van der Waals surface area contributed by atoms with Crippen molar-refractivity contribution >= 4 is 11.9 Å². The number of phenolic OH excluding ortho intramolecular Hbond substituents is 1. The van der Waals surface area contributed by atoms with Gasteiger partial charge in [0.05, 0.1) is 12.7 Å². The van der Waals surface area contributed by atoms with E-state index in [1.54, 1.807) is 6.07 Å². The third kappa shape index (κ3) is 3.61. The molecule has 1 rings (SSSR count). The number of aliphatic carboxylic acids is 1. The molecule has 0 saturated carbocycles. The van der Waals surface area contributed by atoms with Gasteiger partial charge in [-0.1, -0.05) is 19.4 Å². The summed E-state index contributed by atoms with van der Waals surface area (Å²) in [5.74, 6) is -1.88. The van der Waals surface area contributed by atoms with Crippen LogP contribution in [0.3, 0.4) is 0 Å². The van der Waals surface area contributed by atoms with Crippen molar-refractivity contribution in [3.63, 3.8) is 0 Å². The maximum Gasteiger partial charge on any atom is 0.326 e. The molecule has 0 aliphatic heterocycles. The Kier molecular flexibility index (Phi) is 5.17. The Morgan fingerprint density at radius 2 is 2.11 bits per heavy atom. The molecule has 0 radical (unpaired) electrons. The van der Waals surface area contributed by atoms with Crippen LogP contribution in [0.4, 0.5) is 0 Å². The van der Waals surface area contributed by atoms with Crippen LogP contribution in [-0.2, 0) is 4.79 Å². The predicted molar refractivity (Wildman–Crippen MR) is 68.5 cm³/mol. The molecule has 1 aromatic carbocycles. The normalized spacial score (nSPS) is 11.7. The average Bonchev–Trinajstić information content (AvgIpc) is 2.38. The number of carboxylic acid groups (broad SMARTS) is 1. The monoisotopic (exact) mass is 267 g/mol. The Balaban J connectivity index is 2.91. The zero-order valence-corrected chi connectivity index (χ0v) is 10.8. The van der Waals surface area contributed by atoms with Crippen LogP contribution in [0.5, 0.6) is 11.5 Å². The van der Waals surface area contributed by atoms with E-state index < -0.39 is 17.9 Å². The molecule has 104 valence electrons. The summed E-state index contributed by atoms with van der Waals surface area (Å²) in [5.41, 5.74) is -0.0123. The second-order valence-corrected chi connectivity index (χ2v) is 4.01. The van der Waals surface area contributed by atoms with Crippen LogP contribution >= 0.6 is 0 Å². The first-order valence-electron chi connectivity index (χ1n) is 5.90. The quantitative estimate of drug-likeness (QED) is 0.723. The number of carbonyl (C=O) groups excluding carboxylic acids is 1. The van der Waals surface area contributed by atoms with Gasteiger partial charge in [0.1, 0.15) is 6.04 Å². The third-order valence-electron chi connectivity index (χ3n) is 2.64. The van der Waals surface area contributed by atoms with Gasteiger partial charge in [0.25, 0.3) is 5.91 Å². The van der Waals surface area contributed by atoms with Crippen molar-refractivity contribution < 1.29 is 24.5 Å². The molecule has 0 aliphatic rings. The smallest absolute Gasteiger partial charge is 0.326 e. The van der Waals surface area contributed by atoms with Crippen LogP contribution in [0.2, 0.25) is 0 Å². The van der Waals surface area contributed by atoms with Gasteiger partial charge in [-0.05, 0) is 18.6 Å². The Labute approximate surface area is 111 Å². The van der Waals surface area contributed by atoms with E-state index in [0.29, 0.717) is 12.8 Å². The van der Waals surface area contributed by atoms with Gasteiger partial charge < -0.3 is 20.3 Å². The lowest BCUT2D eigenvalue weighted by Crippen LogP contribution is -2.40. The van der Waals surface area contributed by atoms with E-state index in [-0.39, 0.29) is 17.1 Å². The molecule has 1 amide bonds. The van der Waals surface area contributed by atoms with Crippen molar-refractivity contribution in [3.8, 4) is 11.5 Å². The third-order valence-corrected chi connectivity index (χ3v) is 2.64. The fourth-order valence-corrected chi connectivity index (χ4v) is 1.65. The molecule has 19 heavy (non-hydrogen) atoms. The summed E-state index contributed by atoms with van der Waals surface area (Å²) in [6.07, 6.45) is 0.952. The summed E-state index contributed by atoms with van der Waals surface area (Å²) in [6, 6.07) is 3.48. The molecule has 0 heterocycles. The lowest BCUT2D eigenvalue weighted by atomic mass is 10.1. The number of hydrogen-bond acceptors (Lipinski definition) is 4. The molecule has 1 atom stereocenters. The molecular weight excluding hydrogens is 250 g/mol. The average molecular weight is 267 g/mol. The van der Waals surface area contributed by atoms with Crippen molar-refractivity contribution in [1.82, 2.24) is 5.32 Å². The zero-order chi connectivity index (χ0) is 14.4. The van der Waals surface area contributed by atoms with Gasteiger partial charge in [0.2, 0.25) is 0 Å². The highest BCUT2D eigenvalue weighted by molar-refractivity contribution is 5.99. The molecule has 0 bridgehead atoms. The van der Waals surface area contributed by atoms with Gasteiger partial charge in [0.15, 0.2) is 11.5 Å². The van der Waals surface area contributed by atoms with Gasteiger partial charge in [0, 0.05) is 0 Å². The molecule has 0 aliphatic carbocycles. The summed E-state index contributed by atoms with van der Waals surface area (Å²) in [5, 5.41) is 21.1. The Bertz CT molecular complexity index is 472. The number of nitrogens with one attached hydrogen (secondary N) is 1. The van der Waals surface area contributed by atoms with Crippen molar-refractivity contribution in [2.75, 3.05) is 7.11 Å². The van der Waals surface area contributed by atoms with E-state index in [1.165, 1.54) is 19.2 Å². The molecule has 1 unspecified atom stereocenters. The number of carboxylic acids is 1. The van der Waals surface area contributed by atoms with Gasteiger partial charge >= 0.3 is 5.97 Å². The molecule has 1 aromatic rings. The van der Waals surface area contributed by atoms with Crippen molar-refractivity contribution in [1.29, 1.82) is 0 Å². The summed E-state index contributed by atoms with van der Waals surface area (Å²) >= 11 is 0. The van der Waals surface area contributed by atoms with Crippen LogP contribution in [0, 0.1) is 0 Å². The van der Waals surface area contributed by atoms with E-state index in [2.05, 4.69) is 5.32 Å². The fourth-order valence-electron chi connectivity index (χ4n) is 1.65. The number of benzene rings is 1. The van der Waals surface area contributed by atoms with Gasteiger partial charge in [-0.15, -0.1) is 0 Å².